The van der Waals surface area contributed by atoms with Crippen LogP contribution in [0, 0.1) is 6.92 Å². The van der Waals surface area contributed by atoms with Crippen LogP contribution in [0.25, 0.3) is 0 Å². The van der Waals surface area contributed by atoms with Gasteiger partial charge in [-0.15, -0.1) is 0 Å². The largest absolute Gasteiger partial charge is 0.356 e. The average molecular weight is 333 g/mol. The van der Waals surface area contributed by atoms with E-state index in [0.29, 0.717) is 24.5 Å². The Morgan fingerprint density at radius 1 is 1.13 bits per heavy atom. The molecular weight excluding hydrogens is 312 g/mol. The van der Waals surface area contributed by atoms with Crippen LogP contribution in [0.1, 0.15) is 24.1 Å². The predicted molar refractivity (Wildman–Crippen MR) is 92.8 cm³/mol. The Bertz CT molecular complexity index is 708. The maximum Gasteiger partial charge on any atom is 0.250 e. The quantitative estimate of drug-likeness (QED) is 0.792. The van der Waals surface area contributed by atoms with Crippen molar-refractivity contribution >= 4 is 17.5 Å². The molecule has 0 unspecified atom stereocenters. The summed E-state index contributed by atoms with van der Waals surface area (Å²) < 4.78 is 1.76. The lowest BCUT2D eigenvalue weighted by Gasteiger charge is -2.09. The number of hydrogen-bond donors (Lipinski definition) is 1. The predicted octanol–water partition coefficient (Wildman–Crippen LogP) is 2.95. The van der Waals surface area contributed by atoms with Gasteiger partial charge in [-0.3, -0.25) is 9.59 Å². The van der Waals surface area contributed by atoms with Crippen molar-refractivity contribution in [1.82, 2.24) is 9.88 Å². The van der Waals surface area contributed by atoms with Crippen molar-refractivity contribution in [2.24, 2.45) is 0 Å². The maximum atomic E-state index is 11.8. The van der Waals surface area contributed by atoms with Crippen molar-refractivity contribution in [3.05, 3.63) is 69.1 Å². The number of pyridine rings is 1. The van der Waals surface area contributed by atoms with Gasteiger partial charge in [-0.1, -0.05) is 29.8 Å². The molecule has 23 heavy (non-hydrogen) atoms. The van der Waals surface area contributed by atoms with Crippen molar-refractivity contribution in [1.29, 1.82) is 0 Å². The molecule has 0 aliphatic carbocycles. The molecule has 5 heteroatoms. The number of nitrogens with zero attached hydrogens (tertiary/aromatic N) is 1. The summed E-state index contributed by atoms with van der Waals surface area (Å²) in [7, 11) is 0. The number of halogens is 1. The third-order valence-electron chi connectivity index (χ3n) is 3.68. The molecule has 4 nitrogen and oxygen atoms in total. The van der Waals surface area contributed by atoms with Crippen LogP contribution in [0.15, 0.2) is 47.3 Å². The topological polar surface area (TPSA) is 51.1 Å². The molecule has 1 heterocycles. The fourth-order valence-corrected chi connectivity index (χ4v) is 2.51. The van der Waals surface area contributed by atoms with Gasteiger partial charge in [-0.25, -0.2) is 0 Å². The Kier molecular flexibility index (Phi) is 6.41. The van der Waals surface area contributed by atoms with Crippen LogP contribution in [-0.4, -0.2) is 17.0 Å². The van der Waals surface area contributed by atoms with E-state index in [1.54, 1.807) is 28.8 Å². The molecule has 122 valence electrons. The van der Waals surface area contributed by atoms with Gasteiger partial charge in [-0.2, -0.15) is 0 Å². The fraction of sp³-hybridized carbons (Fsp3) is 0.333. The summed E-state index contributed by atoms with van der Waals surface area (Å²) in [5.41, 5.74) is 1.93. The lowest BCUT2D eigenvalue weighted by molar-refractivity contribution is -0.120. The molecule has 1 amide bonds. The number of carbonyl (C=O) groups excluding carboxylic acids is 1. The summed E-state index contributed by atoms with van der Waals surface area (Å²) in [6.07, 6.45) is 2.05. The molecule has 0 saturated heterocycles. The first-order valence-electron chi connectivity index (χ1n) is 7.74. The number of benzene rings is 1. The zero-order valence-corrected chi connectivity index (χ0v) is 14.0. The van der Waals surface area contributed by atoms with E-state index in [4.69, 9.17) is 11.6 Å². The van der Waals surface area contributed by atoms with Crippen LogP contribution < -0.4 is 10.9 Å². The van der Waals surface area contributed by atoms with E-state index in [9.17, 15) is 9.59 Å². The molecule has 2 aromatic rings. The van der Waals surface area contributed by atoms with Crippen molar-refractivity contribution in [3.8, 4) is 0 Å². The summed E-state index contributed by atoms with van der Waals surface area (Å²) >= 11 is 5.81. The molecule has 0 aliphatic rings. The first-order chi connectivity index (χ1) is 11.1. The second kappa shape index (κ2) is 8.53. The number of carbonyl (C=O) groups is 1. The van der Waals surface area contributed by atoms with E-state index in [-0.39, 0.29) is 11.5 Å². The molecule has 1 N–H and O–H groups in total. The highest BCUT2D eigenvalue weighted by molar-refractivity contribution is 6.30. The first-order valence-corrected chi connectivity index (χ1v) is 8.11. The fourth-order valence-electron chi connectivity index (χ4n) is 2.38. The van der Waals surface area contributed by atoms with E-state index in [1.165, 1.54) is 0 Å². The third-order valence-corrected chi connectivity index (χ3v) is 3.93. The van der Waals surface area contributed by atoms with Crippen molar-refractivity contribution < 1.29 is 4.79 Å². The van der Waals surface area contributed by atoms with E-state index >= 15 is 0 Å². The molecule has 2 rings (SSSR count). The van der Waals surface area contributed by atoms with E-state index in [1.807, 2.05) is 25.1 Å². The minimum atomic E-state index is 0.000353. The Morgan fingerprint density at radius 2 is 1.87 bits per heavy atom. The summed E-state index contributed by atoms with van der Waals surface area (Å²) in [5, 5.41) is 3.57. The van der Waals surface area contributed by atoms with Crippen LogP contribution in [0.5, 0.6) is 0 Å². The van der Waals surface area contributed by atoms with Crippen LogP contribution in [0.4, 0.5) is 0 Å². The average Bonchev–Trinajstić information content (AvgIpc) is 2.52. The highest BCUT2D eigenvalue weighted by Gasteiger charge is 2.03. The molecule has 0 radical (unpaired) electrons. The lowest BCUT2D eigenvalue weighted by atomic mass is 10.1. The summed E-state index contributed by atoms with van der Waals surface area (Å²) in [6, 6.07) is 12.5. The molecule has 0 bridgehead atoms. The normalized spacial score (nSPS) is 10.5. The molecule has 0 fully saturated rings. The highest BCUT2D eigenvalue weighted by Crippen LogP contribution is 2.09. The minimum Gasteiger partial charge on any atom is -0.356 e. The maximum absolute atomic E-state index is 11.8. The van der Waals surface area contributed by atoms with Crippen LogP contribution >= 0.6 is 11.6 Å². The van der Waals surface area contributed by atoms with Crippen LogP contribution in [0.3, 0.4) is 0 Å². The summed E-state index contributed by atoms with van der Waals surface area (Å²) in [5.74, 6) is 0.000353. The van der Waals surface area contributed by atoms with E-state index in [2.05, 4.69) is 5.32 Å². The minimum absolute atomic E-state index is 0.000353. The number of unbranched alkanes of at least 4 members (excludes halogenated alkanes) is 1. The molecule has 1 aromatic heterocycles. The Morgan fingerprint density at radius 3 is 2.57 bits per heavy atom. The van der Waals surface area contributed by atoms with Gasteiger partial charge in [0.1, 0.15) is 0 Å². The summed E-state index contributed by atoms with van der Waals surface area (Å²) in [6.45, 7) is 3.22. The number of hydrogen-bond acceptors (Lipinski definition) is 2. The summed E-state index contributed by atoms with van der Waals surface area (Å²) in [4.78, 5) is 23.6. The standard InChI is InChI=1S/C18H21ClN2O2/c1-14-5-4-6-18(23)21(14)12-3-2-11-20-17(22)13-15-7-9-16(19)10-8-15/h4-10H,2-3,11-13H2,1H3,(H,20,22). The molecule has 0 atom stereocenters. The molecule has 0 spiro atoms. The second-order valence-electron chi connectivity index (χ2n) is 5.52. The third kappa shape index (κ3) is 5.57. The zero-order valence-electron chi connectivity index (χ0n) is 13.2. The van der Waals surface area contributed by atoms with Gasteiger partial charge in [-0.05, 0) is 43.5 Å². The van der Waals surface area contributed by atoms with Crippen molar-refractivity contribution in [3.63, 3.8) is 0 Å². The number of nitrogens with one attached hydrogen (secondary N) is 1. The first kappa shape index (κ1) is 17.3. The number of aryl methyl sites for hydroxylation is 1. The Hall–Kier alpha value is -2.07. The number of rotatable bonds is 7. The molecule has 0 aliphatic heterocycles. The second-order valence-corrected chi connectivity index (χ2v) is 5.95. The van der Waals surface area contributed by atoms with E-state index in [0.717, 1.165) is 24.1 Å². The molecule has 0 saturated carbocycles. The number of aromatic nitrogens is 1. The molecule has 1 aromatic carbocycles. The van der Waals surface area contributed by atoms with Gasteiger partial charge >= 0.3 is 0 Å². The van der Waals surface area contributed by atoms with Crippen molar-refractivity contribution in [2.45, 2.75) is 32.7 Å². The Labute approximate surface area is 141 Å². The van der Waals surface area contributed by atoms with Gasteiger partial charge in [0.15, 0.2) is 0 Å². The van der Waals surface area contributed by atoms with Crippen LogP contribution in [-0.2, 0) is 17.8 Å². The zero-order chi connectivity index (χ0) is 16.7. The SMILES string of the molecule is Cc1cccc(=O)n1CCCCNC(=O)Cc1ccc(Cl)cc1. The monoisotopic (exact) mass is 332 g/mol. The molecular formula is C18H21ClN2O2. The van der Waals surface area contributed by atoms with Crippen molar-refractivity contribution in [2.75, 3.05) is 6.54 Å². The number of amides is 1. The van der Waals surface area contributed by atoms with E-state index < -0.39 is 0 Å². The highest BCUT2D eigenvalue weighted by atomic mass is 35.5. The lowest BCUT2D eigenvalue weighted by Crippen LogP contribution is -2.27. The Balaban J connectivity index is 1.68. The van der Waals surface area contributed by atoms with Gasteiger partial charge in [0.2, 0.25) is 5.91 Å². The smallest absolute Gasteiger partial charge is 0.250 e. The van der Waals surface area contributed by atoms with Crippen LogP contribution in [0.2, 0.25) is 5.02 Å². The van der Waals surface area contributed by atoms with Gasteiger partial charge in [0.25, 0.3) is 5.56 Å². The van der Waals surface area contributed by atoms with Gasteiger partial charge in [0, 0.05) is 29.9 Å². The van der Waals surface area contributed by atoms with Gasteiger partial charge in [0.05, 0.1) is 6.42 Å². The van der Waals surface area contributed by atoms with Gasteiger partial charge < -0.3 is 9.88 Å².